The molecule has 1 amide bonds. The van der Waals surface area contributed by atoms with E-state index in [0.717, 1.165) is 25.9 Å². The molecule has 1 saturated heterocycles. The Hall–Kier alpha value is -1.55. The van der Waals surface area contributed by atoms with Gasteiger partial charge in [-0.2, -0.15) is 0 Å². The molecule has 0 aromatic carbocycles. The highest BCUT2D eigenvalue weighted by Crippen LogP contribution is 2.09. The predicted molar refractivity (Wildman–Crippen MR) is 64.3 cm³/mol. The number of hydrogen-bond acceptors (Lipinski definition) is 2. The van der Waals surface area contributed by atoms with Gasteiger partial charge in [-0.3, -0.25) is 4.79 Å². The second kappa shape index (κ2) is 4.99. The van der Waals surface area contributed by atoms with Gasteiger partial charge in [0.25, 0.3) is 0 Å². The van der Waals surface area contributed by atoms with E-state index in [2.05, 4.69) is 34.6 Å². The van der Waals surface area contributed by atoms with Crippen molar-refractivity contribution in [2.75, 3.05) is 13.1 Å². The SMILES string of the molecule is NC(=O)C1CCNCC1.c1cc2ccc1[nH]2. The van der Waals surface area contributed by atoms with Gasteiger partial charge in [0.1, 0.15) is 0 Å². The molecule has 86 valence electrons. The summed E-state index contributed by atoms with van der Waals surface area (Å²) in [4.78, 5) is 13.7. The van der Waals surface area contributed by atoms with Crippen LogP contribution in [0.15, 0.2) is 24.3 Å². The first-order valence-corrected chi connectivity index (χ1v) is 5.63. The molecule has 0 radical (unpaired) electrons. The number of amides is 1. The van der Waals surface area contributed by atoms with Crippen LogP contribution in [0, 0.1) is 5.92 Å². The summed E-state index contributed by atoms with van der Waals surface area (Å²) in [5.74, 6) is -0.0113. The molecule has 3 rings (SSSR count). The molecule has 0 spiro atoms. The Morgan fingerprint density at radius 1 is 1.12 bits per heavy atom. The number of piperidine rings is 1. The van der Waals surface area contributed by atoms with Crippen LogP contribution in [-0.4, -0.2) is 24.0 Å². The molecule has 0 aliphatic carbocycles. The lowest BCUT2D eigenvalue weighted by Gasteiger charge is -2.18. The molecule has 0 atom stereocenters. The van der Waals surface area contributed by atoms with Crippen LogP contribution >= 0.6 is 0 Å². The minimum absolute atomic E-state index is 0.131. The number of fused-ring (bicyclic) bond motifs is 2. The van der Waals surface area contributed by atoms with E-state index in [-0.39, 0.29) is 11.8 Å². The number of aromatic nitrogens is 1. The van der Waals surface area contributed by atoms with Crippen molar-refractivity contribution in [1.82, 2.24) is 10.3 Å². The van der Waals surface area contributed by atoms with Crippen molar-refractivity contribution >= 4 is 16.9 Å². The number of rotatable bonds is 1. The van der Waals surface area contributed by atoms with E-state index in [4.69, 9.17) is 5.73 Å². The summed E-state index contributed by atoms with van der Waals surface area (Å²) in [6.45, 7) is 1.88. The molecule has 2 aromatic rings. The summed E-state index contributed by atoms with van der Waals surface area (Å²) in [5, 5.41) is 3.16. The number of primary amides is 1. The lowest BCUT2D eigenvalue weighted by Crippen LogP contribution is -2.34. The Morgan fingerprint density at radius 3 is 1.88 bits per heavy atom. The van der Waals surface area contributed by atoms with Crippen LogP contribution in [0.4, 0.5) is 0 Å². The lowest BCUT2D eigenvalue weighted by molar-refractivity contribution is -0.122. The molecule has 4 nitrogen and oxygen atoms in total. The number of nitrogens with one attached hydrogen (secondary N) is 2. The molecule has 1 aliphatic heterocycles. The highest BCUT2D eigenvalue weighted by molar-refractivity contribution is 5.76. The predicted octanol–water partition coefficient (Wildman–Crippen LogP) is 1.08. The average Bonchev–Trinajstić information content (AvgIpc) is 2.95. The van der Waals surface area contributed by atoms with Crippen LogP contribution < -0.4 is 11.1 Å². The van der Waals surface area contributed by atoms with Gasteiger partial charge in [-0.25, -0.2) is 0 Å². The molecular weight excluding hydrogens is 202 g/mol. The Kier molecular flexibility index (Phi) is 3.41. The van der Waals surface area contributed by atoms with Crippen LogP contribution in [0.5, 0.6) is 0 Å². The summed E-state index contributed by atoms with van der Waals surface area (Å²) in [5.41, 5.74) is 7.54. The lowest BCUT2D eigenvalue weighted by atomic mass is 9.98. The number of hydrogen-bond donors (Lipinski definition) is 3. The van der Waals surface area contributed by atoms with Crippen LogP contribution in [0.2, 0.25) is 0 Å². The summed E-state index contributed by atoms with van der Waals surface area (Å²) < 4.78 is 0. The molecule has 0 unspecified atom stereocenters. The van der Waals surface area contributed by atoms with E-state index < -0.39 is 0 Å². The van der Waals surface area contributed by atoms with E-state index >= 15 is 0 Å². The van der Waals surface area contributed by atoms with Crippen molar-refractivity contribution in [3.05, 3.63) is 24.3 Å². The fourth-order valence-electron chi connectivity index (χ4n) is 1.91. The van der Waals surface area contributed by atoms with Crippen LogP contribution in [-0.2, 0) is 4.79 Å². The van der Waals surface area contributed by atoms with Gasteiger partial charge in [0.15, 0.2) is 0 Å². The molecular formula is C12H17N3O. The van der Waals surface area contributed by atoms with Crippen LogP contribution in [0.25, 0.3) is 11.0 Å². The molecule has 1 aliphatic rings. The summed E-state index contributed by atoms with van der Waals surface area (Å²) >= 11 is 0. The van der Waals surface area contributed by atoms with Gasteiger partial charge in [-0.15, -0.1) is 0 Å². The van der Waals surface area contributed by atoms with Crippen molar-refractivity contribution in [2.45, 2.75) is 12.8 Å². The Bertz CT molecular complexity index is 386. The van der Waals surface area contributed by atoms with E-state index in [1.54, 1.807) is 0 Å². The molecule has 0 saturated carbocycles. The monoisotopic (exact) mass is 219 g/mol. The average molecular weight is 219 g/mol. The van der Waals surface area contributed by atoms with Crippen molar-refractivity contribution < 1.29 is 4.79 Å². The summed E-state index contributed by atoms with van der Waals surface area (Å²) in [7, 11) is 0. The van der Waals surface area contributed by atoms with Crippen molar-refractivity contribution in [3.63, 3.8) is 0 Å². The van der Waals surface area contributed by atoms with Crippen molar-refractivity contribution in [1.29, 1.82) is 0 Å². The Morgan fingerprint density at radius 2 is 1.62 bits per heavy atom. The second-order valence-corrected chi connectivity index (χ2v) is 4.13. The van der Waals surface area contributed by atoms with Gasteiger partial charge in [0, 0.05) is 17.0 Å². The van der Waals surface area contributed by atoms with Gasteiger partial charge in [0.05, 0.1) is 0 Å². The van der Waals surface area contributed by atoms with Gasteiger partial charge in [-0.1, -0.05) is 0 Å². The number of benzene rings is 1. The van der Waals surface area contributed by atoms with E-state index in [9.17, 15) is 4.79 Å². The smallest absolute Gasteiger partial charge is 0.220 e. The molecule has 2 bridgehead atoms. The highest BCUT2D eigenvalue weighted by Gasteiger charge is 2.17. The first kappa shape index (κ1) is 11.0. The van der Waals surface area contributed by atoms with Gasteiger partial charge in [-0.05, 0) is 50.2 Å². The standard InChI is InChI=1S/C6H12N2O.C6H5N/c7-6(9)5-1-3-8-4-2-5;1-2-6-4-3-5(1)7-6/h5,8H,1-4H2,(H2,7,9);1-4,7H. The molecule has 16 heavy (non-hydrogen) atoms. The maximum absolute atomic E-state index is 10.5. The zero-order chi connectivity index (χ0) is 11.4. The number of aromatic amines is 1. The molecule has 2 aromatic heterocycles. The minimum atomic E-state index is -0.142. The highest BCUT2D eigenvalue weighted by atomic mass is 16.1. The first-order valence-electron chi connectivity index (χ1n) is 5.63. The molecule has 4 N–H and O–H groups in total. The fourth-order valence-corrected chi connectivity index (χ4v) is 1.91. The van der Waals surface area contributed by atoms with E-state index in [1.807, 2.05) is 0 Å². The van der Waals surface area contributed by atoms with Gasteiger partial charge in [0.2, 0.25) is 5.91 Å². The second-order valence-electron chi connectivity index (χ2n) is 4.13. The number of H-pyrrole nitrogens is 1. The topological polar surface area (TPSA) is 70.9 Å². The minimum Gasteiger partial charge on any atom is -0.369 e. The maximum atomic E-state index is 10.5. The van der Waals surface area contributed by atoms with E-state index in [0.29, 0.717) is 0 Å². The third-order valence-electron chi connectivity index (χ3n) is 2.92. The molecule has 1 fully saturated rings. The molecule has 3 heterocycles. The number of carbonyl (C=O) groups excluding carboxylic acids is 1. The van der Waals surface area contributed by atoms with E-state index in [1.165, 1.54) is 11.0 Å². The van der Waals surface area contributed by atoms with Crippen molar-refractivity contribution in [2.24, 2.45) is 11.7 Å². The van der Waals surface area contributed by atoms with Gasteiger partial charge < -0.3 is 16.0 Å². The fraction of sp³-hybridized carbons (Fsp3) is 0.417. The number of carbonyl (C=O) groups is 1. The Labute approximate surface area is 94.5 Å². The maximum Gasteiger partial charge on any atom is 0.220 e. The normalized spacial score (nSPS) is 17.0. The number of nitrogens with two attached hydrogens (primary N) is 1. The molecule has 4 heteroatoms. The van der Waals surface area contributed by atoms with Crippen LogP contribution in [0.1, 0.15) is 12.8 Å². The summed E-state index contributed by atoms with van der Waals surface area (Å²) in [6.07, 6.45) is 1.82. The third kappa shape index (κ3) is 2.73. The summed E-state index contributed by atoms with van der Waals surface area (Å²) in [6, 6.07) is 8.26. The van der Waals surface area contributed by atoms with Crippen LogP contribution in [0.3, 0.4) is 0 Å². The first-order chi connectivity index (χ1) is 7.75. The van der Waals surface area contributed by atoms with Gasteiger partial charge >= 0.3 is 0 Å². The third-order valence-corrected chi connectivity index (χ3v) is 2.92. The van der Waals surface area contributed by atoms with Crippen molar-refractivity contribution in [3.8, 4) is 0 Å². The quantitative estimate of drug-likeness (QED) is 0.671. The zero-order valence-corrected chi connectivity index (χ0v) is 9.20. The zero-order valence-electron chi connectivity index (χ0n) is 9.20. The Balaban J connectivity index is 0.000000123. The largest absolute Gasteiger partial charge is 0.369 e.